The summed E-state index contributed by atoms with van der Waals surface area (Å²) in [6.07, 6.45) is 0. The highest BCUT2D eigenvalue weighted by Gasteiger charge is 2.19. The van der Waals surface area contributed by atoms with Crippen LogP contribution in [0.15, 0.2) is 16.6 Å². The molecule has 0 fully saturated rings. The molecule has 0 saturated heterocycles. The van der Waals surface area contributed by atoms with Crippen molar-refractivity contribution in [2.75, 3.05) is 6.61 Å². The van der Waals surface area contributed by atoms with Crippen molar-refractivity contribution in [1.82, 2.24) is 0 Å². The maximum Gasteiger partial charge on any atom is 0.342 e. The van der Waals surface area contributed by atoms with Gasteiger partial charge >= 0.3 is 5.97 Å². The summed E-state index contributed by atoms with van der Waals surface area (Å²) >= 11 is 8.58. The molecule has 0 unspecified atom stereocenters. The van der Waals surface area contributed by atoms with Gasteiger partial charge in [-0.05, 0) is 35.0 Å². The monoisotopic (exact) mass is 280 g/mol. The summed E-state index contributed by atoms with van der Waals surface area (Å²) in [4.78, 5) is 11.3. The van der Waals surface area contributed by atoms with Crippen molar-refractivity contribution in [2.24, 2.45) is 0 Å². The van der Waals surface area contributed by atoms with Crippen molar-refractivity contribution < 1.29 is 13.9 Å². The molecule has 0 atom stereocenters. The largest absolute Gasteiger partial charge is 0.462 e. The van der Waals surface area contributed by atoms with Crippen molar-refractivity contribution in [1.29, 1.82) is 0 Å². The normalized spacial score (nSPS) is 10.0. The first kappa shape index (κ1) is 11.5. The first-order chi connectivity index (χ1) is 6.57. The fourth-order valence-corrected chi connectivity index (χ4v) is 1.54. The first-order valence-corrected chi connectivity index (χ1v) is 5.05. The zero-order valence-electron chi connectivity index (χ0n) is 7.31. The van der Waals surface area contributed by atoms with Gasteiger partial charge in [0.15, 0.2) is 5.82 Å². The molecule has 1 rings (SSSR count). The maximum absolute atomic E-state index is 13.4. The van der Waals surface area contributed by atoms with E-state index in [1.54, 1.807) is 6.92 Å². The number of rotatable bonds is 2. The van der Waals surface area contributed by atoms with E-state index in [0.29, 0.717) is 4.47 Å². The van der Waals surface area contributed by atoms with Crippen LogP contribution in [0.2, 0.25) is 5.02 Å². The molecule has 0 amide bonds. The molecule has 0 aliphatic carbocycles. The Kier molecular flexibility index (Phi) is 3.89. The summed E-state index contributed by atoms with van der Waals surface area (Å²) in [6, 6.07) is 2.86. The van der Waals surface area contributed by atoms with E-state index in [2.05, 4.69) is 20.7 Å². The van der Waals surface area contributed by atoms with Crippen LogP contribution in [-0.2, 0) is 4.74 Å². The lowest BCUT2D eigenvalue weighted by atomic mass is 10.2. The highest BCUT2D eigenvalue weighted by molar-refractivity contribution is 9.10. The van der Waals surface area contributed by atoms with Gasteiger partial charge in [0.2, 0.25) is 0 Å². The number of carbonyl (C=O) groups is 1. The van der Waals surface area contributed by atoms with Crippen LogP contribution < -0.4 is 0 Å². The summed E-state index contributed by atoms with van der Waals surface area (Å²) in [5, 5.41) is -0.101. The van der Waals surface area contributed by atoms with E-state index in [1.807, 2.05) is 0 Å². The first-order valence-electron chi connectivity index (χ1n) is 3.88. The van der Waals surface area contributed by atoms with Crippen LogP contribution in [0, 0.1) is 5.82 Å². The van der Waals surface area contributed by atoms with Crippen LogP contribution in [0.25, 0.3) is 0 Å². The predicted molar refractivity (Wildman–Crippen MR) is 55.1 cm³/mol. The minimum Gasteiger partial charge on any atom is -0.462 e. The second-order valence-corrected chi connectivity index (χ2v) is 3.70. The summed E-state index contributed by atoms with van der Waals surface area (Å²) in [7, 11) is 0. The Labute approximate surface area is 94.1 Å². The number of esters is 1. The number of halogens is 3. The highest BCUT2D eigenvalue weighted by atomic mass is 79.9. The molecule has 0 saturated carbocycles. The number of hydrogen-bond acceptors (Lipinski definition) is 2. The van der Waals surface area contributed by atoms with Crippen LogP contribution >= 0.6 is 27.5 Å². The summed E-state index contributed by atoms with van der Waals surface area (Å²) in [5.74, 6) is -1.49. The van der Waals surface area contributed by atoms with Gasteiger partial charge in [-0.2, -0.15) is 0 Å². The molecule has 0 heterocycles. The maximum atomic E-state index is 13.4. The molecule has 0 N–H and O–H groups in total. The van der Waals surface area contributed by atoms with Crippen molar-refractivity contribution in [3.63, 3.8) is 0 Å². The fourth-order valence-electron chi connectivity index (χ4n) is 0.917. The molecule has 1 aromatic carbocycles. The van der Waals surface area contributed by atoms with E-state index in [9.17, 15) is 9.18 Å². The molecule has 0 radical (unpaired) electrons. The minimum absolute atomic E-state index is 0.101. The van der Waals surface area contributed by atoms with E-state index < -0.39 is 11.8 Å². The van der Waals surface area contributed by atoms with E-state index in [0.717, 1.165) is 0 Å². The van der Waals surface area contributed by atoms with Crippen molar-refractivity contribution in [2.45, 2.75) is 6.92 Å². The Morgan fingerprint density at radius 2 is 2.29 bits per heavy atom. The van der Waals surface area contributed by atoms with Gasteiger partial charge in [-0.25, -0.2) is 9.18 Å². The lowest BCUT2D eigenvalue weighted by Gasteiger charge is -2.06. The zero-order valence-corrected chi connectivity index (χ0v) is 9.65. The lowest BCUT2D eigenvalue weighted by molar-refractivity contribution is 0.0520. The van der Waals surface area contributed by atoms with E-state index in [1.165, 1.54) is 12.1 Å². The number of benzene rings is 1. The van der Waals surface area contributed by atoms with Gasteiger partial charge in [0.25, 0.3) is 0 Å². The number of ether oxygens (including phenoxy) is 1. The Morgan fingerprint density at radius 1 is 1.64 bits per heavy atom. The van der Waals surface area contributed by atoms with Crippen LogP contribution in [-0.4, -0.2) is 12.6 Å². The molecular formula is C9H7BrClFO2. The molecule has 0 bridgehead atoms. The molecule has 2 nitrogen and oxygen atoms in total. The molecule has 0 aliphatic rings. The van der Waals surface area contributed by atoms with E-state index in [-0.39, 0.29) is 17.2 Å². The zero-order chi connectivity index (χ0) is 10.7. The van der Waals surface area contributed by atoms with Gasteiger partial charge in [0.05, 0.1) is 11.6 Å². The lowest BCUT2D eigenvalue weighted by Crippen LogP contribution is -2.08. The molecule has 5 heteroatoms. The Morgan fingerprint density at radius 3 is 2.86 bits per heavy atom. The third kappa shape index (κ3) is 2.25. The summed E-state index contributed by atoms with van der Waals surface area (Å²) in [5.41, 5.74) is -0.167. The fraction of sp³-hybridized carbons (Fsp3) is 0.222. The predicted octanol–water partition coefficient (Wildman–Crippen LogP) is 3.42. The standard InChI is InChI=1S/C9H7BrClFO2/c1-2-14-9(13)7-5(10)3-4-6(11)8(7)12/h3-4H,2H2,1H3. The second kappa shape index (κ2) is 4.75. The van der Waals surface area contributed by atoms with Crippen LogP contribution in [0.1, 0.15) is 17.3 Å². The topological polar surface area (TPSA) is 26.3 Å². The molecule has 76 valence electrons. The number of hydrogen-bond donors (Lipinski definition) is 0. The van der Waals surface area contributed by atoms with Gasteiger partial charge in [-0.1, -0.05) is 11.6 Å². The van der Waals surface area contributed by atoms with Crippen molar-refractivity contribution in [3.8, 4) is 0 Å². The van der Waals surface area contributed by atoms with Crippen molar-refractivity contribution >= 4 is 33.5 Å². The van der Waals surface area contributed by atoms with Crippen molar-refractivity contribution in [3.05, 3.63) is 33.0 Å². The minimum atomic E-state index is -0.764. The molecule has 0 aliphatic heterocycles. The van der Waals surface area contributed by atoms with Gasteiger partial charge < -0.3 is 4.74 Å². The van der Waals surface area contributed by atoms with Crippen LogP contribution in [0.5, 0.6) is 0 Å². The van der Waals surface area contributed by atoms with Crippen LogP contribution in [0.4, 0.5) is 4.39 Å². The molecule has 0 spiro atoms. The summed E-state index contributed by atoms with van der Waals surface area (Å²) < 4.78 is 18.4. The quantitative estimate of drug-likeness (QED) is 0.613. The second-order valence-electron chi connectivity index (χ2n) is 2.44. The SMILES string of the molecule is CCOC(=O)c1c(Br)ccc(Cl)c1F. The molecule has 14 heavy (non-hydrogen) atoms. The van der Waals surface area contributed by atoms with Crippen LogP contribution in [0.3, 0.4) is 0 Å². The highest BCUT2D eigenvalue weighted by Crippen LogP contribution is 2.26. The average Bonchev–Trinajstić information content (AvgIpc) is 2.13. The molecular weight excluding hydrogens is 274 g/mol. The van der Waals surface area contributed by atoms with Gasteiger partial charge in [0.1, 0.15) is 5.56 Å². The van der Waals surface area contributed by atoms with Gasteiger partial charge in [-0.15, -0.1) is 0 Å². The average molecular weight is 282 g/mol. The Balaban J connectivity index is 3.18. The molecule has 1 aromatic rings. The summed E-state index contributed by atoms with van der Waals surface area (Å²) in [6.45, 7) is 1.84. The van der Waals surface area contributed by atoms with E-state index >= 15 is 0 Å². The Bertz CT molecular complexity index is 368. The number of carbonyl (C=O) groups excluding carboxylic acids is 1. The van der Waals surface area contributed by atoms with E-state index in [4.69, 9.17) is 11.6 Å². The smallest absolute Gasteiger partial charge is 0.342 e. The third-order valence-electron chi connectivity index (χ3n) is 1.52. The third-order valence-corrected chi connectivity index (χ3v) is 2.48. The van der Waals surface area contributed by atoms with Gasteiger partial charge in [0, 0.05) is 4.47 Å². The van der Waals surface area contributed by atoms with Gasteiger partial charge in [-0.3, -0.25) is 0 Å². The Hall–Kier alpha value is -0.610. The molecule has 0 aromatic heterocycles.